The maximum atomic E-state index is 12.8. The molecule has 1 saturated heterocycles. The highest BCUT2D eigenvalue weighted by Gasteiger charge is 2.25. The van der Waals surface area contributed by atoms with Gasteiger partial charge in [-0.3, -0.25) is 14.6 Å². The average Bonchev–Trinajstić information content (AvgIpc) is 2.74. The van der Waals surface area contributed by atoms with Crippen LogP contribution in [0.2, 0.25) is 0 Å². The van der Waals surface area contributed by atoms with Crippen molar-refractivity contribution < 1.29 is 9.59 Å². The largest absolute Gasteiger partial charge is 0.359 e. The number of hydrogen-bond acceptors (Lipinski definition) is 3. The number of carbonyl (C=O) groups is 2. The third kappa shape index (κ3) is 4.82. The monoisotopic (exact) mass is 385 g/mol. The number of aliphatic imine (C=N–C) groups is 1. The Hall–Kier alpha value is -2.57. The Bertz CT molecular complexity index is 725. The molecule has 1 aromatic rings. The molecule has 2 aliphatic rings. The molecular weight excluding hydrogens is 354 g/mol. The van der Waals surface area contributed by atoms with Crippen LogP contribution in [0.5, 0.6) is 0 Å². The van der Waals surface area contributed by atoms with Gasteiger partial charge in [-0.1, -0.05) is 18.2 Å². The van der Waals surface area contributed by atoms with Crippen molar-refractivity contribution in [3.05, 3.63) is 29.8 Å². The van der Waals surface area contributed by atoms with Crippen molar-refractivity contribution in [2.45, 2.75) is 32.1 Å². The number of hydrogen-bond donors (Lipinski definition) is 2. The number of benzene rings is 1. The number of likely N-dealkylation sites (tertiary alicyclic amines) is 1. The number of rotatable bonds is 4. The van der Waals surface area contributed by atoms with E-state index in [2.05, 4.69) is 26.6 Å². The van der Waals surface area contributed by atoms with Gasteiger partial charge in [0.1, 0.15) is 0 Å². The number of aryl methyl sites for hydroxylation is 1. The fourth-order valence-electron chi connectivity index (χ4n) is 4.09. The first-order valence-corrected chi connectivity index (χ1v) is 10.2. The van der Waals surface area contributed by atoms with E-state index >= 15 is 0 Å². The highest BCUT2D eigenvalue weighted by molar-refractivity contribution is 5.98. The smallest absolute Gasteiger partial charge is 0.246 e. The summed E-state index contributed by atoms with van der Waals surface area (Å²) in [4.78, 5) is 32.8. The first kappa shape index (κ1) is 20.2. The van der Waals surface area contributed by atoms with Gasteiger partial charge in [-0.25, -0.2) is 0 Å². The van der Waals surface area contributed by atoms with Gasteiger partial charge in [0.05, 0.1) is 6.54 Å². The number of fused-ring (bicyclic) bond motifs is 1. The molecule has 0 aromatic heterocycles. The number of amides is 2. The molecule has 0 bridgehead atoms. The minimum Gasteiger partial charge on any atom is -0.359 e. The summed E-state index contributed by atoms with van der Waals surface area (Å²) in [6, 6.07) is 8.14. The SMILES string of the molecule is CN=C(NCC(=O)N1CCCc2ccccc21)N1CCC(CC(=O)NC)CC1. The molecule has 1 fully saturated rings. The van der Waals surface area contributed by atoms with Crippen LogP contribution in [0.25, 0.3) is 0 Å². The summed E-state index contributed by atoms with van der Waals surface area (Å²) in [5.41, 5.74) is 2.27. The molecule has 0 radical (unpaired) electrons. The lowest BCUT2D eigenvalue weighted by molar-refractivity contribution is -0.122. The minimum absolute atomic E-state index is 0.0720. The molecule has 7 heteroatoms. The lowest BCUT2D eigenvalue weighted by Gasteiger charge is -2.34. The van der Waals surface area contributed by atoms with Crippen LogP contribution in [-0.4, -0.2) is 62.9 Å². The summed E-state index contributed by atoms with van der Waals surface area (Å²) in [7, 11) is 3.43. The van der Waals surface area contributed by atoms with Gasteiger partial charge in [-0.05, 0) is 43.2 Å². The predicted molar refractivity (Wildman–Crippen MR) is 111 cm³/mol. The molecule has 152 valence electrons. The van der Waals surface area contributed by atoms with E-state index < -0.39 is 0 Å². The summed E-state index contributed by atoms with van der Waals surface area (Å²) in [6.07, 6.45) is 4.53. The minimum atomic E-state index is 0.0720. The number of carbonyl (C=O) groups excluding carboxylic acids is 2. The maximum absolute atomic E-state index is 12.8. The lowest BCUT2D eigenvalue weighted by Crippen LogP contribution is -2.49. The van der Waals surface area contributed by atoms with Crippen molar-refractivity contribution in [2.75, 3.05) is 45.2 Å². The van der Waals surface area contributed by atoms with E-state index in [9.17, 15) is 9.59 Å². The molecule has 2 aliphatic heterocycles. The zero-order valence-electron chi connectivity index (χ0n) is 16.9. The Balaban J connectivity index is 1.51. The fraction of sp³-hybridized carbons (Fsp3) is 0.571. The second kappa shape index (κ2) is 9.57. The second-order valence-electron chi connectivity index (χ2n) is 7.49. The van der Waals surface area contributed by atoms with Crippen LogP contribution < -0.4 is 15.5 Å². The van der Waals surface area contributed by atoms with E-state index in [0.29, 0.717) is 12.3 Å². The molecule has 7 nitrogen and oxygen atoms in total. The normalized spacial score (nSPS) is 17.9. The standard InChI is InChI=1S/C21H31N5O2/c1-22-19(27)14-16-9-12-25(13-10-16)21(23-2)24-15-20(28)26-11-5-7-17-6-3-4-8-18(17)26/h3-4,6,8,16H,5,7,9-15H2,1-2H3,(H,22,27)(H,23,24). The second-order valence-corrected chi connectivity index (χ2v) is 7.49. The molecule has 0 atom stereocenters. The zero-order valence-corrected chi connectivity index (χ0v) is 16.9. The highest BCUT2D eigenvalue weighted by Crippen LogP contribution is 2.26. The van der Waals surface area contributed by atoms with Crippen LogP contribution in [0.4, 0.5) is 5.69 Å². The lowest BCUT2D eigenvalue weighted by atomic mass is 9.93. The number of piperidine rings is 1. The predicted octanol–water partition coefficient (Wildman–Crippen LogP) is 1.39. The van der Waals surface area contributed by atoms with E-state index in [1.807, 2.05) is 23.1 Å². The van der Waals surface area contributed by atoms with E-state index in [0.717, 1.165) is 57.0 Å². The van der Waals surface area contributed by atoms with Gasteiger partial charge in [0.25, 0.3) is 0 Å². The maximum Gasteiger partial charge on any atom is 0.246 e. The van der Waals surface area contributed by atoms with Crippen LogP contribution in [-0.2, 0) is 16.0 Å². The molecule has 0 aliphatic carbocycles. The van der Waals surface area contributed by atoms with Crippen molar-refractivity contribution in [1.82, 2.24) is 15.5 Å². The Morgan fingerprint density at radius 2 is 1.93 bits per heavy atom. The molecular formula is C21H31N5O2. The average molecular weight is 386 g/mol. The van der Waals surface area contributed by atoms with E-state index in [1.165, 1.54) is 5.56 Å². The Kier molecular flexibility index (Phi) is 6.90. The fourth-order valence-corrected chi connectivity index (χ4v) is 4.09. The Morgan fingerprint density at radius 3 is 2.64 bits per heavy atom. The highest BCUT2D eigenvalue weighted by atomic mass is 16.2. The van der Waals surface area contributed by atoms with Crippen molar-refractivity contribution in [3.63, 3.8) is 0 Å². The number of anilines is 1. The van der Waals surface area contributed by atoms with Crippen LogP contribution in [0, 0.1) is 5.92 Å². The summed E-state index contributed by atoms with van der Waals surface area (Å²) in [6.45, 7) is 2.70. The Morgan fingerprint density at radius 1 is 1.18 bits per heavy atom. The molecule has 2 N–H and O–H groups in total. The topological polar surface area (TPSA) is 77.0 Å². The molecule has 0 spiro atoms. The van der Waals surface area contributed by atoms with Crippen LogP contribution >= 0.6 is 0 Å². The van der Waals surface area contributed by atoms with Crippen molar-refractivity contribution in [2.24, 2.45) is 10.9 Å². The molecule has 0 saturated carbocycles. The van der Waals surface area contributed by atoms with Gasteiger partial charge in [0.2, 0.25) is 11.8 Å². The van der Waals surface area contributed by atoms with E-state index in [1.54, 1.807) is 14.1 Å². The molecule has 1 aromatic carbocycles. The van der Waals surface area contributed by atoms with E-state index in [4.69, 9.17) is 0 Å². The first-order valence-electron chi connectivity index (χ1n) is 10.2. The van der Waals surface area contributed by atoms with Crippen LogP contribution in [0.3, 0.4) is 0 Å². The molecule has 2 heterocycles. The summed E-state index contributed by atoms with van der Waals surface area (Å²) in [5.74, 6) is 1.36. The first-order chi connectivity index (χ1) is 13.6. The van der Waals surface area contributed by atoms with Gasteiger partial charge >= 0.3 is 0 Å². The summed E-state index contributed by atoms with van der Waals surface area (Å²) in [5, 5.41) is 5.94. The molecule has 3 rings (SSSR count). The van der Waals surface area contributed by atoms with Crippen LogP contribution in [0.15, 0.2) is 29.3 Å². The number of guanidine groups is 1. The quantitative estimate of drug-likeness (QED) is 0.607. The van der Waals surface area contributed by atoms with Crippen molar-refractivity contribution >= 4 is 23.5 Å². The van der Waals surface area contributed by atoms with Crippen molar-refractivity contribution in [3.8, 4) is 0 Å². The third-order valence-corrected chi connectivity index (χ3v) is 5.69. The molecule has 0 unspecified atom stereocenters. The van der Waals surface area contributed by atoms with Crippen molar-refractivity contribution in [1.29, 1.82) is 0 Å². The van der Waals surface area contributed by atoms with Gasteiger partial charge in [-0.2, -0.15) is 0 Å². The number of nitrogens with one attached hydrogen (secondary N) is 2. The van der Waals surface area contributed by atoms with Gasteiger partial charge in [0.15, 0.2) is 5.96 Å². The van der Waals surface area contributed by atoms with Crippen LogP contribution in [0.1, 0.15) is 31.2 Å². The molecule has 2 amide bonds. The van der Waals surface area contributed by atoms with Gasteiger partial charge < -0.3 is 20.4 Å². The van der Waals surface area contributed by atoms with Gasteiger partial charge in [-0.15, -0.1) is 0 Å². The zero-order chi connectivity index (χ0) is 19.9. The Labute approximate surface area is 167 Å². The van der Waals surface area contributed by atoms with E-state index in [-0.39, 0.29) is 18.4 Å². The molecule has 28 heavy (non-hydrogen) atoms. The van der Waals surface area contributed by atoms with Gasteiger partial charge in [0, 0.05) is 45.8 Å². The third-order valence-electron chi connectivity index (χ3n) is 5.69. The number of para-hydroxylation sites is 1. The summed E-state index contributed by atoms with van der Waals surface area (Å²) >= 11 is 0. The number of nitrogens with zero attached hydrogens (tertiary/aromatic N) is 3. The summed E-state index contributed by atoms with van der Waals surface area (Å²) < 4.78 is 0.